The summed E-state index contributed by atoms with van der Waals surface area (Å²) in [6.07, 6.45) is 2.78. The summed E-state index contributed by atoms with van der Waals surface area (Å²) in [4.78, 5) is 14.5. The molecule has 1 fully saturated rings. The van der Waals surface area contributed by atoms with Crippen LogP contribution in [0, 0.1) is 24.5 Å². The molecule has 2 aromatic rings. The Balaban J connectivity index is 1.63. The zero-order valence-corrected chi connectivity index (χ0v) is 14.8. The minimum atomic E-state index is -0.510. The average Bonchev–Trinajstić information content (AvgIpc) is 2.63. The molecule has 0 aromatic heterocycles. The minimum Gasteiger partial charge on any atom is -0.508 e. The zero-order valence-electron chi connectivity index (χ0n) is 14.8. The molecule has 1 heterocycles. The molecule has 0 radical (unpaired) electrons. The molecule has 0 spiro atoms. The predicted octanol–water partition coefficient (Wildman–Crippen LogP) is 4.46. The molecule has 3 nitrogen and oxygen atoms in total. The topological polar surface area (TPSA) is 40.5 Å². The van der Waals surface area contributed by atoms with Gasteiger partial charge in [0.25, 0.3) is 5.91 Å². The Morgan fingerprint density at radius 3 is 2.65 bits per heavy atom. The minimum absolute atomic E-state index is 0.109. The van der Waals surface area contributed by atoms with E-state index in [1.165, 1.54) is 24.3 Å². The first-order valence-corrected chi connectivity index (χ1v) is 8.97. The molecular formula is C21H23F2NO2. The number of halogens is 2. The fourth-order valence-electron chi connectivity index (χ4n) is 3.53. The molecule has 5 heteroatoms. The van der Waals surface area contributed by atoms with E-state index < -0.39 is 11.6 Å². The van der Waals surface area contributed by atoms with E-state index in [-0.39, 0.29) is 23.1 Å². The van der Waals surface area contributed by atoms with Gasteiger partial charge in [-0.3, -0.25) is 4.79 Å². The summed E-state index contributed by atoms with van der Waals surface area (Å²) < 4.78 is 27.5. The van der Waals surface area contributed by atoms with Crippen molar-refractivity contribution in [3.63, 3.8) is 0 Å². The van der Waals surface area contributed by atoms with E-state index >= 15 is 0 Å². The number of benzene rings is 2. The standard InChI is InChI=1S/C21H23F2NO2/c1-14-7-9-16(12-20(14)25)21(26)24-11-3-4-15(13-24)8-10-17-18(22)5-2-6-19(17)23/h2,5-7,9,12,15,25H,3-4,8,10-11,13H2,1H3/t15-/m1/s1. The van der Waals surface area contributed by atoms with Gasteiger partial charge in [-0.2, -0.15) is 0 Å². The van der Waals surface area contributed by atoms with Gasteiger partial charge in [-0.1, -0.05) is 12.1 Å². The first kappa shape index (κ1) is 18.4. The van der Waals surface area contributed by atoms with Crippen LogP contribution in [0.4, 0.5) is 8.78 Å². The van der Waals surface area contributed by atoms with Gasteiger partial charge in [0.05, 0.1) is 0 Å². The second-order valence-corrected chi connectivity index (χ2v) is 7.00. The van der Waals surface area contributed by atoms with Gasteiger partial charge < -0.3 is 10.0 Å². The van der Waals surface area contributed by atoms with Crippen molar-refractivity contribution in [3.8, 4) is 5.75 Å². The lowest BCUT2D eigenvalue weighted by Crippen LogP contribution is -2.40. The first-order chi connectivity index (χ1) is 12.5. The summed E-state index contributed by atoms with van der Waals surface area (Å²) in [6, 6.07) is 8.86. The largest absolute Gasteiger partial charge is 0.508 e. The molecule has 0 aliphatic carbocycles. The zero-order chi connectivity index (χ0) is 18.7. The highest BCUT2D eigenvalue weighted by Crippen LogP contribution is 2.25. The summed E-state index contributed by atoms with van der Waals surface area (Å²) >= 11 is 0. The Bertz CT molecular complexity index is 786. The van der Waals surface area contributed by atoms with Gasteiger partial charge >= 0.3 is 0 Å². The number of carbonyl (C=O) groups excluding carboxylic acids is 1. The number of phenolic OH excluding ortho intramolecular Hbond substituents is 1. The molecule has 1 aliphatic heterocycles. The van der Waals surface area contributed by atoms with E-state index in [0.717, 1.165) is 18.4 Å². The lowest BCUT2D eigenvalue weighted by molar-refractivity contribution is 0.0667. The fraction of sp³-hybridized carbons (Fsp3) is 0.381. The van der Waals surface area contributed by atoms with Gasteiger partial charge in [0.15, 0.2) is 0 Å². The smallest absolute Gasteiger partial charge is 0.253 e. The predicted molar refractivity (Wildman–Crippen MR) is 96.2 cm³/mol. The highest BCUT2D eigenvalue weighted by atomic mass is 19.1. The van der Waals surface area contributed by atoms with Crippen LogP contribution in [0.5, 0.6) is 5.75 Å². The molecule has 2 aromatic carbocycles. The molecule has 1 N–H and O–H groups in total. The fourth-order valence-corrected chi connectivity index (χ4v) is 3.53. The van der Waals surface area contributed by atoms with E-state index in [4.69, 9.17) is 0 Å². The van der Waals surface area contributed by atoms with Crippen molar-refractivity contribution >= 4 is 5.91 Å². The van der Waals surface area contributed by atoms with Crippen molar-refractivity contribution in [2.75, 3.05) is 13.1 Å². The highest BCUT2D eigenvalue weighted by molar-refractivity contribution is 5.94. The van der Waals surface area contributed by atoms with Crippen LogP contribution in [0.15, 0.2) is 36.4 Å². The maximum Gasteiger partial charge on any atom is 0.253 e. The molecule has 26 heavy (non-hydrogen) atoms. The number of nitrogens with zero attached hydrogens (tertiary/aromatic N) is 1. The Morgan fingerprint density at radius 1 is 1.23 bits per heavy atom. The highest BCUT2D eigenvalue weighted by Gasteiger charge is 2.25. The van der Waals surface area contributed by atoms with Crippen LogP contribution in [0.25, 0.3) is 0 Å². The van der Waals surface area contributed by atoms with E-state index in [9.17, 15) is 18.7 Å². The van der Waals surface area contributed by atoms with Gasteiger partial charge in [0.1, 0.15) is 17.4 Å². The maximum atomic E-state index is 13.8. The second-order valence-electron chi connectivity index (χ2n) is 7.00. The lowest BCUT2D eigenvalue weighted by atomic mass is 9.91. The molecule has 1 aliphatic rings. The molecule has 3 rings (SSSR count). The number of hydrogen-bond acceptors (Lipinski definition) is 2. The van der Waals surface area contributed by atoms with E-state index in [1.807, 2.05) is 0 Å². The average molecular weight is 359 g/mol. The Morgan fingerprint density at radius 2 is 1.96 bits per heavy atom. The van der Waals surface area contributed by atoms with Crippen LogP contribution in [-0.2, 0) is 6.42 Å². The monoisotopic (exact) mass is 359 g/mol. The van der Waals surface area contributed by atoms with Crippen LogP contribution in [0.1, 0.15) is 40.7 Å². The third kappa shape index (κ3) is 4.03. The Labute approximate surface area is 152 Å². The molecule has 1 saturated heterocycles. The Hall–Kier alpha value is -2.43. The number of aryl methyl sites for hydroxylation is 1. The molecular weight excluding hydrogens is 336 g/mol. The van der Waals surface area contributed by atoms with Crippen LogP contribution in [0.3, 0.4) is 0 Å². The summed E-state index contributed by atoms with van der Waals surface area (Å²) in [6.45, 7) is 3.02. The second kappa shape index (κ2) is 7.85. The van der Waals surface area contributed by atoms with Gasteiger partial charge in [-0.05, 0) is 68.4 Å². The van der Waals surface area contributed by atoms with Crippen LogP contribution < -0.4 is 0 Å². The number of phenols is 1. The molecule has 138 valence electrons. The molecule has 1 amide bonds. The molecule has 0 bridgehead atoms. The number of likely N-dealkylation sites (tertiary alicyclic amines) is 1. The van der Waals surface area contributed by atoms with E-state index in [0.29, 0.717) is 31.5 Å². The van der Waals surface area contributed by atoms with E-state index in [1.54, 1.807) is 24.0 Å². The Kier molecular flexibility index (Phi) is 5.55. The summed E-state index contributed by atoms with van der Waals surface area (Å²) in [7, 11) is 0. The van der Waals surface area contributed by atoms with Gasteiger partial charge in [0, 0.05) is 24.2 Å². The van der Waals surface area contributed by atoms with Crippen molar-refractivity contribution in [2.24, 2.45) is 5.92 Å². The van der Waals surface area contributed by atoms with Crippen LogP contribution >= 0.6 is 0 Å². The molecule has 0 saturated carbocycles. The van der Waals surface area contributed by atoms with Crippen LogP contribution in [-0.4, -0.2) is 29.0 Å². The summed E-state index contributed by atoms with van der Waals surface area (Å²) in [5, 5.41) is 9.82. The number of amides is 1. The number of carbonyl (C=O) groups is 1. The van der Waals surface area contributed by atoms with Gasteiger partial charge in [0.2, 0.25) is 0 Å². The van der Waals surface area contributed by atoms with Crippen molar-refractivity contribution < 1.29 is 18.7 Å². The molecule has 0 unspecified atom stereocenters. The number of piperidine rings is 1. The summed E-state index contributed by atoms with van der Waals surface area (Å²) in [5.41, 5.74) is 1.32. The van der Waals surface area contributed by atoms with Crippen molar-refractivity contribution in [3.05, 3.63) is 64.7 Å². The third-order valence-corrected chi connectivity index (χ3v) is 5.13. The maximum absolute atomic E-state index is 13.8. The molecule has 1 atom stereocenters. The quantitative estimate of drug-likeness (QED) is 0.875. The van der Waals surface area contributed by atoms with Crippen molar-refractivity contribution in [2.45, 2.75) is 32.6 Å². The number of rotatable bonds is 4. The van der Waals surface area contributed by atoms with Crippen LogP contribution in [0.2, 0.25) is 0 Å². The van der Waals surface area contributed by atoms with Gasteiger partial charge in [-0.15, -0.1) is 0 Å². The van der Waals surface area contributed by atoms with Crippen molar-refractivity contribution in [1.29, 1.82) is 0 Å². The summed E-state index contributed by atoms with van der Waals surface area (Å²) in [5.74, 6) is -0.806. The first-order valence-electron chi connectivity index (χ1n) is 8.97. The lowest BCUT2D eigenvalue weighted by Gasteiger charge is -2.33. The van der Waals surface area contributed by atoms with E-state index in [2.05, 4.69) is 0 Å². The third-order valence-electron chi connectivity index (χ3n) is 5.13. The number of aromatic hydroxyl groups is 1. The normalized spacial score (nSPS) is 17.3. The number of hydrogen-bond donors (Lipinski definition) is 1. The van der Waals surface area contributed by atoms with Gasteiger partial charge in [-0.25, -0.2) is 8.78 Å². The SMILES string of the molecule is Cc1ccc(C(=O)N2CCC[C@H](CCc3c(F)cccc3F)C2)cc1O. The van der Waals surface area contributed by atoms with Crippen molar-refractivity contribution in [1.82, 2.24) is 4.90 Å².